The first kappa shape index (κ1) is 16.6. The monoisotopic (exact) mass is 376 g/mol. The van der Waals surface area contributed by atoms with E-state index in [0.717, 1.165) is 11.8 Å². The molecule has 5 aliphatic heterocycles. The van der Waals surface area contributed by atoms with E-state index in [1.807, 2.05) is 18.2 Å². The molecule has 0 aliphatic carbocycles. The summed E-state index contributed by atoms with van der Waals surface area (Å²) in [7, 11) is 0. The van der Waals surface area contributed by atoms with Crippen LogP contribution in [0.1, 0.15) is 0 Å². The minimum atomic E-state index is -4.51. The van der Waals surface area contributed by atoms with E-state index in [1.54, 1.807) is 30.4 Å². The van der Waals surface area contributed by atoms with Gasteiger partial charge in [0.1, 0.15) is 0 Å². The van der Waals surface area contributed by atoms with Crippen LogP contribution in [0.4, 0.5) is 13.2 Å². The molecule has 0 fully saturated rings. The number of halogens is 3. The molecule has 0 N–H and O–H groups in total. The van der Waals surface area contributed by atoms with E-state index in [1.165, 1.54) is 12.2 Å². The van der Waals surface area contributed by atoms with Crippen LogP contribution in [0.25, 0.3) is 0 Å². The summed E-state index contributed by atoms with van der Waals surface area (Å²) >= 11 is 0. The molecule has 0 unspecified atom stereocenters. The van der Waals surface area contributed by atoms with Crippen molar-refractivity contribution in [2.24, 2.45) is 20.0 Å². The number of nitrogens with zero attached hydrogens (tertiary/aromatic N) is 4. The van der Waals surface area contributed by atoms with Gasteiger partial charge in [0.15, 0.2) is 0 Å². The summed E-state index contributed by atoms with van der Waals surface area (Å²) in [6, 6.07) is 0. The van der Waals surface area contributed by atoms with Crippen molar-refractivity contribution in [1.29, 1.82) is 0 Å². The molecule has 0 aromatic carbocycles. The fraction of sp³-hybridized carbons (Fsp3) is 0.0476. The van der Waals surface area contributed by atoms with Crippen molar-refractivity contribution in [2.45, 2.75) is 6.18 Å². The van der Waals surface area contributed by atoms with Gasteiger partial charge >= 0.3 is 6.18 Å². The molecular formula is C21H11F3N4. The number of fused-ring (bicyclic) bond motifs is 4. The molecule has 8 bridgehead atoms. The molecule has 136 valence electrons. The van der Waals surface area contributed by atoms with Crippen molar-refractivity contribution < 1.29 is 13.2 Å². The molecule has 5 aliphatic rings. The van der Waals surface area contributed by atoms with E-state index in [4.69, 9.17) is 0 Å². The van der Waals surface area contributed by atoms with Crippen molar-refractivity contribution in [3.8, 4) is 0 Å². The highest BCUT2D eigenvalue weighted by Crippen LogP contribution is 2.33. The predicted molar refractivity (Wildman–Crippen MR) is 104 cm³/mol. The van der Waals surface area contributed by atoms with Crippen LogP contribution in [0.2, 0.25) is 0 Å². The maximum Gasteiger partial charge on any atom is 0.418 e. The van der Waals surface area contributed by atoms with Gasteiger partial charge in [-0.05, 0) is 66.8 Å². The molecule has 5 rings (SSSR count). The lowest BCUT2D eigenvalue weighted by Gasteiger charge is -2.07. The Hall–Kier alpha value is -3.61. The van der Waals surface area contributed by atoms with Gasteiger partial charge in [-0.25, -0.2) is 20.0 Å². The smallest absolute Gasteiger partial charge is 0.249 e. The first-order valence-electron chi connectivity index (χ1n) is 8.47. The predicted octanol–water partition coefficient (Wildman–Crippen LogP) is 4.51. The van der Waals surface area contributed by atoms with Gasteiger partial charge in [0.05, 0.1) is 51.2 Å². The Labute approximate surface area is 158 Å². The topological polar surface area (TPSA) is 49.4 Å². The van der Waals surface area contributed by atoms with Gasteiger partial charge in [-0.3, -0.25) is 0 Å². The van der Waals surface area contributed by atoms with Gasteiger partial charge in [0.2, 0.25) is 0 Å². The van der Waals surface area contributed by atoms with Crippen molar-refractivity contribution in [3.63, 3.8) is 0 Å². The third kappa shape index (κ3) is 3.11. The number of hydrogen-bond donors (Lipinski definition) is 0. The summed E-state index contributed by atoms with van der Waals surface area (Å²) in [5, 5.41) is 0. The summed E-state index contributed by atoms with van der Waals surface area (Å²) in [5.74, 6) is 0. The standard InChI is InChI=1S/C21H11F3N4/c22-21(23,24)19-10-18-9-16-4-3-14(26-16)7-12-1-2-13(25-12)8-15-5-6-17(27-15)11-20(19)28-18/h1-11H. The fourth-order valence-electron chi connectivity index (χ4n) is 3.12. The van der Waals surface area contributed by atoms with Gasteiger partial charge in [0.25, 0.3) is 0 Å². The lowest BCUT2D eigenvalue weighted by molar-refractivity contribution is -0.0857. The van der Waals surface area contributed by atoms with Crippen LogP contribution in [0.3, 0.4) is 0 Å². The molecule has 0 saturated heterocycles. The van der Waals surface area contributed by atoms with Crippen LogP contribution >= 0.6 is 0 Å². The molecule has 0 spiro atoms. The quantitative estimate of drug-likeness (QED) is 0.597. The highest BCUT2D eigenvalue weighted by Gasteiger charge is 2.38. The molecule has 7 heteroatoms. The first-order valence-corrected chi connectivity index (χ1v) is 8.47. The zero-order valence-electron chi connectivity index (χ0n) is 14.3. The highest BCUT2D eigenvalue weighted by molar-refractivity contribution is 6.16. The lowest BCUT2D eigenvalue weighted by atomic mass is 10.1. The van der Waals surface area contributed by atoms with E-state index in [2.05, 4.69) is 20.0 Å². The summed E-state index contributed by atoms with van der Waals surface area (Å²) in [5.41, 5.74) is 2.92. The molecule has 4 nitrogen and oxygen atoms in total. The minimum Gasteiger partial charge on any atom is -0.249 e. The Bertz CT molecular complexity index is 1170. The number of alkyl halides is 3. The Morgan fingerprint density at radius 1 is 0.500 bits per heavy atom. The summed E-state index contributed by atoms with van der Waals surface area (Å²) in [6.45, 7) is 0. The second-order valence-corrected chi connectivity index (χ2v) is 6.44. The van der Waals surface area contributed by atoms with Gasteiger partial charge in [-0.1, -0.05) is 0 Å². The highest BCUT2D eigenvalue weighted by atomic mass is 19.4. The molecule has 0 amide bonds. The van der Waals surface area contributed by atoms with Crippen molar-refractivity contribution >= 4 is 22.8 Å². The maximum atomic E-state index is 13.5. The fourth-order valence-corrected chi connectivity index (χ4v) is 3.12. The van der Waals surface area contributed by atoms with Crippen LogP contribution in [0.15, 0.2) is 115 Å². The number of hydrogen-bond acceptors (Lipinski definition) is 4. The Balaban J connectivity index is 1.67. The van der Waals surface area contributed by atoms with Gasteiger partial charge in [0, 0.05) is 0 Å². The second-order valence-electron chi connectivity index (χ2n) is 6.44. The van der Waals surface area contributed by atoms with E-state index in [-0.39, 0.29) is 11.4 Å². The summed E-state index contributed by atoms with van der Waals surface area (Å²) in [6.07, 6.45) is 13.6. The molecule has 0 atom stereocenters. The van der Waals surface area contributed by atoms with E-state index in [9.17, 15) is 13.2 Å². The maximum absolute atomic E-state index is 13.5. The third-order valence-electron chi connectivity index (χ3n) is 4.34. The molecule has 0 aromatic heterocycles. The van der Waals surface area contributed by atoms with E-state index in [0.29, 0.717) is 28.5 Å². The Morgan fingerprint density at radius 3 is 1.46 bits per heavy atom. The summed E-state index contributed by atoms with van der Waals surface area (Å²) in [4.78, 5) is 17.4. The average molecular weight is 376 g/mol. The third-order valence-corrected chi connectivity index (χ3v) is 4.34. The van der Waals surface area contributed by atoms with Crippen LogP contribution < -0.4 is 0 Å². The van der Waals surface area contributed by atoms with Crippen LogP contribution in [-0.2, 0) is 0 Å². The Kier molecular flexibility index (Phi) is 3.52. The van der Waals surface area contributed by atoms with Crippen molar-refractivity contribution in [3.05, 3.63) is 95.2 Å². The SMILES string of the molecule is FC(F)(F)C1=CC2=CC3=NC(=CC4=NC(=CC5=NC(=CC1=N2)C=C5)C=C4)C=C3. The molecule has 0 aromatic rings. The van der Waals surface area contributed by atoms with Gasteiger partial charge in [-0.2, -0.15) is 13.2 Å². The second kappa shape index (κ2) is 5.95. The molecule has 28 heavy (non-hydrogen) atoms. The van der Waals surface area contributed by atoms with Crippen molar-refractivity contribution in [2.75, 3.05) is 0 Å². The Morgan fingerprint density at radius 2 is 0.964 bits per heavy atom. The lowest BCUT2D eigenvalue weighted by Crippen LogP contribution is -2.17. The van der Waals surface area contributed by atoms with Crippen molar-refractivity contribution in [1.82, 2.24) is 0 Å². The first-order chi connectivity index (χ1) is 13.4. The van der Waals surface area contributed by atoms with E-state index < -0.39 is 11.7 Å². The summed E-state index contributed by atoms with van der Waals surface area (Å²) < 4.78 is 40.4. The number of aliphatic imine (C=N–C) groups is 4. The molecular weight excluding hydrogens is 365 g/mol. The zero-order valence-corrected chi connectivity index (χ0v) is 14.3. The largest absolute Gasteiger partial charge is 0.418 e. The molecule has 0 saturated carbocycles. The molecule has 5 heterocycles. The van der Waals surface area contributed by atoms with Gasteiger partial charge in [-0.15, -0.1) is 0 Å². The van der Waals surface area contributed by atoms with Crippen LogP contribution in [0.5, 0.6) is 0 Å². The van der Waals surface area contributed by atoms with Gasteiger partial charge < -0.3 is 0 Å². The minimum absolute atomic E-state index is 0.164. The zero-order chi connectivity index (χ0) is 19.3. The van der Waals surface area contributed by atoms with Crippen LogP contribution in [-0.4, -0.2) is 29.0 Å². The average Bonchev–Trinajstić information content (AvgIpc) is 3.38. The normalized spacial score (nSPS) is 22.2. The van der Waals surface area contributed by atoms with Crippen LogP contribution in [0, 0.1) is 0 Å². The number of rotatable bonds is 0. The van der Waals surface area contributed by atoms with E-state index >= 15 is 0 Å². The molecule has 0 radical (unpaired) electrons. The number of allylic oxidation sites excluding steroid dienone is 12.